The standard InChI is InChI=1S/C15H13N9OS/c25-15(10-1-2-13-14(5-10)20-26-19-13)22-8-12(9-22)23-6-11(18-21-23)7-24-16-3-4-17-24/h1-6,12H,7-9H2. The molecule has 0 radical (unpaired) electrons. The van der Waals surface area contributed by atoms with Gasteiger partial charge in [0.05, 0.1) is 36.4 Å². The molecular weight excluding hydrogens is 354 g/mol. The van der Waals surface area contributed by atoms with Gasteiger partial charge in [-0.3, -0.25) is 4.79 Å². The highest BCUT2D eigenvalue weighted by Gasteiger charge is 2.33. The molecule has 1 amide bonds. The highest BCUT2D eigenvalue weighted by Crippen LogP contribution is 2.24. The molecule has 0 atom stereocenters. The van der Waals surface area contributed by atoms with Crippen LogP contribution in [-0.4, -0.2) is 62.6 Å². The number of amides is 1. The molecule has 10 nitrogen and oxygen atoms in total. The fraction of sp³-hybridized carbons (Fsp3) is 0.267. The van der Waals surface area contributed by atoms with Crippen molar-refractivity contribution in [1.82, 2.24) is 43.6 Å². The Balaban J connectivity index is 1.24. The molecule has 1 aliphatic rings. The first-order chi connectivity index (χ1) is 12.8. The monoisotopic (exact) mass is 367 g/mol. The average Bonchev–Trinajstić information content (AvgIpc) is 3.34. The van der Waals surface area contributed by atoms with E-state index in [1.165, 1.54) is 0 Å². The van der Waals surface area contributed by atoms with E-state index in [-0.39, 0.29) is 11.9 Å². The lowest BCUT2D eigenvalue weighted by atomic mass is 10.1. The smallest absolute Gasteiger partial charge is 0.254 e. The molecule has 1 aliphatic heterocycles. The number of fused-ring (bicyclic) bond motifs is 1. The second-order valence-electron chi connectivity index (χ2n) is 6.08. The van der Waals surface area contributed by atoms with E-state index in [4.69, 9.17) is 0 Å². The first-order valence-corrected chi connectivity index (χ1v) is 8.76. The van der Waals surface area contributed by atoms with Crippen molar-refractivity contribution in [2.45, 2.75) is 12.6 Å². The minimum Gasteiger partial charge on any atom is -0.334 e. The average molecular weight is 367 g/mol. The van der Waals surface area contributed by atoms with Crippen LogP contribution in [0.15, 0.2) is 36.8 Å². The minimum atomic E-state index is -0.00256. The van der Waals surface area contributed by atoms with Crippen LogP contribution in [0.1, 0.15) is 22.1 Å². The van der Waals surface area contributed by atoms with Crippen molar-refractivity contribution >= 4 is 28.7 Å². The van der Waals surface area contributed by atoms with Crippen LogP contribution < -0.4 is 0 Å². The van der Waals surface area contributed by atoms with Gasteiger partial charge in [-0.2, -0.15) is 23.7 Å². The van der Waals surface area contributed by atoms with E-state index >= 15 is 0 Å². The molecule has 0 saturated carbocycles. The number of likely N-dealkylation sites (tertiary alicyclic amines) is 1. The predicted molar refractivity (Wildman–Crippen MR) is 91.5 cm³/mol. The molecule has 1 fully saturated rings. The van der Waals surface area contributed by atoms with Crippen molar-refractivity contribution in [3.63, 3.8) is 0 Å². The Hall–Kier alpha value is -3.21. The van der Waals surface area contributed by atoms with Crippen LogP contribution in [0.25, 0.3) is 11.0 Å². The molecule has 3 aromatic heterocycles. The van der Waals surface area contributed by atoms with Crippen molar-refractivity contribution < 1.29 is 4.79 Å². The van der Waals surface area contributed by atoms with Crippen molar-refractivity contribution in [2.75, 3.05) is 13.1 Å². The van der Waals surface area contributed by atoms with Gasteiger partial charge in [-0.05, 0) is 18.2 Å². The second-order valence-corrected chi connectivity index (χ2v) is 6.61. The fourth-order valence-electron chi connectivity index (χ4n) is 2.92. The van der Waals surface area contributed by atoms with Gasteiger partial charge in [0.1, 0.15) is 23.3 Å². The Morgan fingerprint density at radius 3 is 2.81 bits per heavy atom. The lowest BCUT2D eigenvalue weighted by molar-refractivity contribution is 0.0498. The van der Waals surface area contributed by atoms with Crippen molar-refractivity contribution in [3.8, 4) is 0 Å². The molecule has 0 aliphatic carbocycles. The summed E-state index contributed by atoms with van der Waals surface area (Å²) in [5.41, 5.74) is 2.99. The zero-order chi connectivity index (χ0) is 17.5. The van der Waals surface area contributed by atoms with Gasteiger partial charge < -0.3 is 4.90 Å². The summed E-state index contributed by atoms with van der Waals surface area (Å²) in [6, 6.07) is 5.55. The lowest BCUT2D eigenvalue weighted by Crippen LogP contribution is -2.50. The van der Waals surface area contributed by atoms with Crippen LogP contribution >= 0.6 is 11.7 Å². The van der Waals surface area contributed by atoms with Crippen molar-refractivity contribution in [1.29, 1.82) is 0 Å². The van der Waals surface area contributed by atoms with Gasteiger partial charge in [0.25, 0.3) is 5.91 Å². The number of hydrogen-bond donors (Lipinski definition) is 0. The van der Waals surface area contributed by atoms with Crippen LogP contribution in [0.5, 0.6) is 0 Å². The van der Waals surface area contributed by atoms with E-state index < -0.39 is 0 Å². The van der Waals surface area contributed by atoms with Crippen LogP contribution in [0.4, 0.5) is 0 Å². The Morgan fingerprint density at radius 1 is 1.15 bits per heavy atom. The number of carbonyl (C=O) groups excluding carboxylic acids is 1. The third-order valence-corrected chi connectivity index (χ3v) is 4.91. The first kappa shape index (κ1) is 15.1. The predicted octanol–water partition coefficient (Wildman–Crippen LogP) is 0.620. The minimum absolute atomic E-state index is 0.00256. The molecule has 130 valence electrons. The van der Waals surface area contributed by atoms with E-state index in [1.807, 2.05) is 12.3 Å². The van der Waals surface area contributed by atoms with E-state index in [0.29, 0.717) is 25.2 Å². The highest BCUT2D eigenvalue weighted by molar-refractivity contribution is 7.00. The third kappa shape index (κ3) is 2.62. The van der Waals surface area contributed by atoms with Gasteiger partial charge in [0, 0.05) is 18.7 Å². The van der Waals surface area contributed by atoms with Crippen molar-refractivity contribution in [2.24, 2.45) is 0 Å². The second kappa shape index (κ2) is 5.95. The van der Waals surface area contributed by atoms with Crippen LogP contribution in [0.3, 0.4) is 0 Å². The maximum atomic E-state index is 12.6. The van der Waals surface area contributed by atoms with E-state index in [9.17, 15) is 4.79 Å². The molecule has 5 rings (SSSR count). The van der Waals surface area contributed by atoms with E-state index in [1.54, 1.807) is 38.9 Å². The maximum Gasteiger partial charge on any atom is 0.254 e. The Labute approximate surface area is 151 Å². The first-order valence-electron chi connectivity index (χ1n) is 8.03. The van der Waals surface area contributed by atoms with Gasteiger partial charge in [0.2, 0.25) is 0 Å². The van der Waals surface area contributed by atoms with Gasteiger partial charge >= 0.3 is 0 Å². The van der Waals surface area contributed by atoms with E-state index in [0.717, 1.165) is 28.5 Å². The normalized spacial score (nSPS) is 14.7. The summed E-state index contributed by atoms with van der Waals surface area (Å²) in [6.07, 6.45) is 5.13. The summed E-state index contributed by atoms with van der Waals surface area (Å²) in [7, 11) is 0. The number of benzene rings is 1. The summed E-state index contributed by atoms with van der Waals surface area (Å²) in [5.74, 6) is -0.00256. The number of aromatic nitrogens is 8. The quantitative estimate of drug-likeness (QED) is 0.520. The van der Waals surface area contributed by atoms with Gasteiger partial charge in [-0.1, -0.05) is 5.21 Å². The molecule has 0 spiro atoms. The zero-order valence-corrected chi connectivity index (χ0v) is 14.3. The van der Waals surface area contributed by atoms with Crippen LogP contribution in [-0.2, 0) is 6.54 Å². The summed E-state index contributed by atoms with van der Waals surface area (Å²) in [6.45, 7) is 1.69. The lowest BCUT2D eigenvalue weighted by Gasteiger charge is -2.38. The van der Waals surface area contributed by atoms with Crippen LogP contribution in [0.2, 0.25) is 0 Å². The molecule has 0 N–H and O–H groups in total. The van der Waals surface area contributed by atoms with E-state index in [2.05, 4.69) is 29.3 Å². The molecule has 11 heteroatoms. The molecular formula is C15H13N9OS. The molecule has 0 bridgehead atoms. The molecule has 1 saturated heterocycles. The molecule has 0 unspecified atom stereocenters. The Morgan fingerprint density at radius 2 is 1.96 bits per heavy atom. The summed E-state index contributed by atoms with van der Waals surface area (Å²) >= 11 is 1.15. The maximum absolute atomic E-state index is 12.6. The van der Waals surface area contributed by atoms with Crippen molar-refractivity contribution in [3.05, 3.63) is 48.0 Å². The third-order valence-electron chi connectivity index (χ3n) is 4.35. The molecule has 4 heterocycles. The Kier molecular flexibility index (Phi) is 3.45. The molecule has 1 aromatic carbocycles. The topological polar surface area (TPSA) is 108 Å². The van der Waals surface area contributed by atoms with Crippen LogP contribution in [0, 0.1) is 0 Å². The van der Waals surface area contributed by atoms with Gasteiger partial charge in [-0.25, -0.2) is 4.68 Å². The van der Waals surface area contributed by atoms with Gasteiger partial charge in [-0.15, -0.1) is 5.10 Å². The number of nitrogens with zero attached hydrogens (tertiary/aromatic N) is 9. The van der Waals surface area contributed by atoms with Gasteiger partial charge in [0.15, 0.2) is 0 Å². The number of hydrogen-bond acceptors (Lipinski definition) is 8. The Bertz CT molecular complexity index is 1060. The summed E-state index contributed by atoms with van der Waals surface area (Å²) in [5, 5.41) is 16.4. The SMILES string of the molecule is O=C(c1ccc2nsnc2c1)N1CC(n2cc(Cn3nccn3)nn2)C1. The molecule has 26 heavy (non-hydrogen) atoms. The summed E-state index contributed by atoms with van der Waals surface area (Å²) in [4.78, 5) is 15.9. The number of carbonyl (C=O) groups is 1. The highest BCUT2D eigenvalue weighted by atomic mass is 32.1. The summed E-state index contributed by atoms with van der Waals surface area (Å²) < 4.78 is 10.1. The largest absolute Gasteiger partial charge is 0.334 e. The number of rotatable bonds is 4. The molecule has 4 aromatic rings. The zero-order valence-electron chi connectivity index (χ0n) is 13.5. The fourth-order valence-corrected chi connectivity index (χ4v) is 3.44.